The number of nitrogens with zero attached hydrogens (tertiary/aromatic N) is 2. The Morgan fingerprint density at radius 2 is 2.04 bits per heavy atom. The van der Waals surface area contributed by atoms with Crippen molar-refractivity contribution in [3.8, 4) is 11.5 Å². The third-order valence-corrected chi connectivity index (χ3v) is 4.45. The van der Waals surface area contributed by atoms with Crippen LogP contribution in [-0.2, 0) is 11.3 Å². The van der Waals surface area contributed by atoms with E-state index in [-0.39, 0.29) is 30.2 Å². The quantitative estimate of drug-likeness (QED) is 0.931. The highest BCUT2D eigenvalue weighted by Gasteiger charge is 2.23. The maximum Gasteiger partial charge on any atom is 0.437 e. The highest BCUT2D eigenvalue weighted by atomic mass is 19.1. The Morgan fingerprint density at radius 1 is 1.33 bits per heavy atom. The summed E-state index contributed by atoms with van der Waals surface area (Å²) in [6.45, 7) is 1.94. The van der Waals surface area contributed by atoms with E-state index in [1.807, 2.05) is 0 Å². The van der Waals surface area contributed by atoms with Crippen LogP contribution in [0.1, 0.15) is 32.6 Å². The van der Waals surface area contributed by atoms with E-state index >= 15 is 0 Å². The summed E-state index contributed by atoms with van der Waals surface area (Å²) in [6, 6.07) is 5.59. The number of nitrogens with one attached hydrogen (secondary N) is 1. The fraction of sp³-hybridized carbons (Fsp3) is 0.471. The molecule has 0 radical (unpaired) electrons. The zero-order valence-corrected chi connectivity index (χ0v) is 13.5. The van der Waals surface area contributed by atoms with Crippen LogP contribution in [0, 0.1) is 11.7 Å². The van der Waals surface area contributed by atoms with Gasteiger partial charge in [0.2, 0.25) is 11.8 Å². The number of carbonyl (C=O) groups excluding carboxylic acids is 1. The van der Waals surface area contributed by atoms with Gasteiger partial charge in [0.15, 0.2) is 0 Å². The first-order chi connectivity index (χ1) is 11.5. The monoisotopic (exact) mass is 333 g/mol. The van der Waals surface area contributed by atoms with Crippen LogP contribution >= 0.6 is 0 Å². The van der Waals surface area contributed by atoms with E-state index in [1.165, 1.54) is 30.7 Å². The van der Waals surface area contributed by atoms with Crippen LogP contribution in [0.4, 0.5) is 4.39 Å². The van der Waals surface area contributed by atoms with Crippen molar-refractivity contribution in [3.63, 3.8) is 0 Å². The number of aromatic nitrogens is 2. The second kappa shape index (κ2) is 6.98. The van der Waals surface area contributed by atoms with E-state index < -0.39 is 5.76 Å². The van der Waals surface area contributed by atoms with Gasteiger partial charge in [-0.3, -0.25) is 4.79 Å². The van der Waals surface area contributed by atoms with Crippen molar-refractivity contribution in [2.45, 2.75) is 45.2 Å². The summed E-state index contributed by atoms with van der Waals surface area (Å²) in [6.07, 6.45) is 4.36. The van der Waals surface area contributed by atoms with Gasteiger partial charge in [-0.25, -0.2) is 9.18 Å². The van der Waals surface area contributed by atoms with Gasteiger partial charge >= 0.3 is 5.76 Å². The maximum atomic E-state index is 12.9. The third kappa shape index (κ3) is 3.72. The molecular weight excluding hydrogens is 313 g/mol. The Balaban J connectivity index is 1.68. The summed E-state index contributed by atoms with van der Waals surface area (Å²) in [4.78, 5) is 24.0. The lowest BCUT2D eigenvalue weighted by molar-refractivity contribution is -0.123. The molecule has 1 aliphatic carbocycles. The highest BCUT2D eigenvalue weighted by Crippen LogP contribution is 2.23. The summed E-state index contributed by atoms with van der Waals surface area (Å²) < 4.78 is 19.0. The number of hydrogen-bond donors (Lipinski definition) is 1. The molecule has 128 valence electrons. The lowest BCUT2D eigenvalue weighted by atomic mass is 9.86. The summed E-state index contributed by atoms with van der Waals surface area (Å²) in [5.74, 6) is -0.845. The van der Waals surface area contributed by atoms with Crippen LogP contribution in [0.25, 0.3) is 11.5 Å². The molecule has 7 heteroatoms. The van der Waals surface area contributed by atoms with E-state index in [1.54, 1.807) is 0 Å². The van der Waals surface area contributed by atoms with Crippen molar-refractivity contribution in [3.05, 3.63) is 40.6 Å². The summed E-state index contributed by atoms with van der Waals surface area (Å²) in [5, 5.41) is 6.99. The third-order valence-electron chi connectivity index (χ3n) is 4.45. The fourth-order valence-corrected chi connectivity index (χ4v) is 3.03. The summed E-state index contributed by atoms with van der Waals surface area (Å²) in [5.41, 5.74) is 0.480. The standard InChI is InChI=1S/C17H20FN3O3/c1-11-4-2-3-5-14(11)19-15(22)10-21-17(23)24-16(20-21)12-6-8-13(18)9-7-12/h6-9,11,14H,2-5,10H2,1H3,(H,19,22)/t11-,14+/m0/s1. The number of hydrogen-bond acceptors (Lipinski definition) is 4. The molecule has 0 bridgehead atoms. The second-order valence-electron chi connectivity index (χ2n) is 6.27. The van der Waals surface area contributed by atoms with Gasteiger partial charge < -0.3 is 9.73 Å². The van der Waals surface area contributed by atoms with Crippen molar-refractivity contribution < 1.29 is 13.6 Å². The molecule has 1 aliphatic rings. The van der Waals surface area contributed by atoms with E-state index in [9.17, 15) is 14.0 Å². The Bertz CT molecular complexity index is 766. The molecule has 1 heterocycles. The van der Waals surface area contributed by atoms with Gasteiger partial charge in [-0.05, 0) is 43.0 Å². The van der Waals surface area contributed by atoms with Crippen LogP contribution in [0.5, 0.6) is 0 Å². The molecule has 0 saturated heterocycles. The zero-order valence-electron chi connectivity index (χ0n) is 13.5. The molecule has 1 amide bonds. The van der Waals surface area contributed by atoms with Gasteiger partial charge in [-0.2, -0.15) is 4.68 Å². The smallest absolute Gasteiger partial charge is 0.388 e. The van der Waals surface area contributed by atoms with Crippen molar-refractivity contribution in [1.82, 2.24) is 15.1 Å². The van der Waals surface area contributed by atoms with Crippen LogP contribution < -0.4 is 11.1 Å². The van der Waals surface area contributed by atoms with E-state index in [0.29, 0.717) is 11.5 Å². The van der Waals surface area contributed by atoms with Gasteiger partial charge in [0.25, 0.3) is 0 Å². The fourth-order valence-electron chi connectivity index (χ4n) is 3.03. The highest BCUT2D eigenvalue weighted by molar-refractivity contribution is 5.76. The topological polar surface area (TPSA) is 77.1 Å². The Morgan fingerprint density at radius 3 is 2.75 bits per heavy atom. The number of benzene rings is 1. The zero-order chi connectivity index (χ0) is 17.1. The lowest BCUT2D eigenvalue weighted by Crippen LogP contribution is -2.43. The van der Waals surface area contributed by atoms with Crippen molar-refractivity contribution in [2.24, 2.45) is 5.92 Å². The normalized spacial score (nSPS) is 20.8. The van der Waals surface area contributed by atoms with Crippen LogP contribution in [0.15, 0.2) is 33.5 Å². The lowest BCUT2D eigenvalue weighted by Gasteiger charge is -2.29. The molecule has 6 nitrogen and oxygen atoms in total. The molecule has 2 atom stereocenters. The molecule has 1 fully saturated rings. The maximum absolute atomic E-state index is 12.9. The van der Waals surface area contributed by atoms with Crippen LogP contribution in [-0.4, -0.2) is 21.7 Å². The molecule has 1 aromatic carbocycles. The molecule has 1 N–H and O–H groups in total. The molecule has 0 spiro atoms. The minimum Gasteiger partial charge on any atom is -0.388 e. The van der Waals surface area contributed by atoms with E-state index in [2.05, 4.69) is 17.3 Å². The SMILES string of the molecule is C[C@H]1CCCC[C@H]1NC(=O)Cn1nc(-c2ccc(F)cc2)oc1=O. The predicted molar refractivity (Wildman–Crippen MR) is 85.7 cm³/mol. The molecule has 24 heavy (non-hydrogen) atoms. The summed E-state index contributed by atoms with van der Waals surface area (Å²) in [7, 11) is 0. The molecular formula is C17H20FN3O3. The largest absolute Gasteiger partial charge is 0.437 e. The molecule has 1 saturated carbocycles. The molecule has 2 aromatic rings. The molecule has 0 unspecified atom stereocenters. The van der Waals surface area contributed by atoms with Gasteiger partial charge in [0.1, 0.15) is 12.4 Å². The van der Waals surface area contributed by atoms with Gasteiger partial charge in [0, 0.05) is 11.6 Å². The molecule has 0 aliphatic heterocycles. The summed E-state index contributed by atoms with van der Waals surface area (Å²) >= 11 is 0. The predicted octanol–water partition coefficient (Wildman–Crippen LogP) is 2.34. The molecule has 1 aromatic heterocycles. The first kappa shape index (κ1) is 16.4. The van der Waals surface area contributed by atoms with Crippen molar-refractivity contribution >= 4 is 5.91 Å². The Hall–Kier alpha value is -2.44. The van der Waals surface area contributed by atoms with Gasteiger partial charge in [-0.15, -0.1) is 5.10 Å². The Labute approximate surface area is 138 Å². The van der Waals surface area contributed by atoms with Crippen molar-refractivity contribution in [1.29, 1.82) is 0 Å². The second-order valence-corrected chi connectivity index (χ2v) is 6.27. The van der Waals surface area contributed by atoms with E-state index in [4.69, 9.17) is 4.42 Å². The Kier molecular flexibility index (Phi) is 4.78. The van der Waals surface area contributed by atoms with Gasteiger partial charge in [0.05, 0.1) is 0 Å². The average Bonchev–Trinajstić information content (AvgIpc) is 2.91. The minimum atomic E-state index is -0.707. The van der Waals surface area contributed by atoms with Crippen LogP contribution in [0.3, 0.4) is 0 Å². The minimum absolute atomic E-state index is 0.0684. The molecule has 3 rings (SSSR count). The first-order valence-electron chi connectivity index (χ1n) is 8.16. The van der Waals surface area contributed by atoms with Crippen molar-refractivity contribution in [2.75, 3.05) is 0 Å². The van der Waals surface area contributed by atoms with Crippen LogP contribution in [0.2, 0.25) is 0 Å². The average molecular weight is 333 g/mol. The first-order valence-corrected chi connectivity index (χ1v) is 8.16. The number of rotatable bonds is 4. The number of halogens is 1. The van der Waals surface area contributed by atoms with Gasteiger partial charge in [-0.1, -0.05) is 19.8 Å². The number of amides is 1. The van der Waals surface area contributed by atoms with E-state index in [0.717, 1.165) is 23.9 Å². The number of carbonyl (C=O) groups is 1.